The summed E-state index contributed by atoms with van der Waals surface area (Å²) in [6.45, 7) is 10.5. The zero-order chi connectivity index (χ0) is 17.0. The Morgan fingerprint density at radius 2 is 1.78 bits per heavy atom. The van der Waals surface area contributed by atoms with Gasteiger partial charge in [-0.3, -0.25) is 15.0 Å². The van der Waals surface area contributed by atoms with Crippen molar-refractivity contribution in [3.05, 3.63) is 17.0 Å². The number of hydrogen-bond donors (Lipinski definition) is 2. The average molecular weight is 338 g/mol. The van der Waals surface area contributed by atoms with E-state index in [9.17, 15) is 9.59 Å². The molecule has 0 bridgehead atoms. The molecular weight excluding hydrogens is 312 g/mol. The molecule has 0 aromatic carbocycles. The molecule has 1 aromatic heterocycles. The third-order valence-corrected chi connectivity index (χ3v) is 4.85. The summed E-state index contributed by atoms with van der Waals surface area (Å²) in [5, 5.41) is 6.74. The van der Waals surface area contributed by atoms with Crippen LogP contribution in [0.5, 0.6) is 0 Å². The second-order valence-corrected chi connectivity index (χ2v) is 7.49. The standard InChI is InChI=1S/C16H26N4O2S/c1-11(2)17-15(21)13(4)19-7-9-20(10-8-19)16(22)18-14-6-5-12(3)23-14/h5-6,11,13H,7-10H2,1-4H3,(H,17,21)(H,18,22)/t13-/m1/s1. The number of carbonyl (C=O) groups excluding carboxylic acids is 2. The van der Waals surface area contributed by atoms with E-state index in [4.69, 9.17) is 0 Å². The van der Waals surface area contributed by atoms with Crippen LogP contribution >= 0.6 is 11.3 Å². The summed E-state index contributed by atoms with van der Waals surface area (Å²) >= 11 is 1.57. The minimum atomic E-state index is -0.164. The molecule has 1 saturated heterocycles. The van der Waals surface area contributed by atoms with Gasteiger partial charge in [-0.15, -0.1) is 11.3 Å². The van der Waals surface area contributed by atoms with Crippen molar-refractivity contribution in [2.75, 3.05) is 31.5 Å². The number of thiophene rings is 1. The van der Waals surface area contributed by atoms with Gasteiger partial charge in [0.25, 0.3) is 0 Å². The topological polar surface area (TPSA) is 64.7 Å². The third kappa shape index (κ3) is 4.94. The van der Waals surface area contributed by atoms with Crippen LogP contribution in [0, 0.1) is 6.92 Å². The number of nitrogens with zero attached hydrogens (tertiary/aromatic N) is 2. The molecule has 128 valence electrons. The van der Waals surface area contributed by atoms with Crippen LogP contribution in [0.4, 0.5) is 9.80 Å². The van der Waals surface area contributed by atoms with Crippen LogP contribution in [0.3, 0.4) is 0 Å². The summed E-state index contributed by atoms with van der Waals surface area (Å²) in [5.41, 5.74) is 0. The summed E-state index contributed by atoms with van der Waals surface area (Å²) in [7, 11) is 0. The van der Waals surface area contributed by atoms with Crippen LogP contribution in [-0.4, -0.2) is 60.0 Å². The number of carbonyl (C=O) groups is 2. The number of piperazine rings is 1. The Kier molecular flexibility index (Phi) is 6.01. The van der Waals surface area contributed by atoms with Crippen LogP contribution in [0.2, 0.25) is 0 Å². The SMILES string of the molecule is Cc1ccc(NC(=O)N2CCN([C@H](C)C(=O)NC(C)C)CC2)s1. The fourth-order valence-corrected chi connectivity index (χ4v) is 3.33. The van der Waals surface area contributed by atoms with Gasteiger partial charge in [0.2, 0.25) is 5.91 Å². The first-order valence-electron chi connectivity index (χ1n) is 8.03. The van der Waals surface area contributed by atoms with E-state index in [-0.39, 0.29) is 24.0 Å². The largest absolute Gasteiger partial charge is 0.353 e. The summed E-state index contributed by atoms with van der Waals surface area (Å²) in [6, 6.07) is 3.83. The van der Waals surface area contributed by atoms with Gasteiger partial charge in [0.05, 0.1) is 11.0 Å². The van der Waals surface area contributed by atoms with Gasteiger partial charge in [0, 0.05) is 37.1 Å². The zero-order valence-corrected chi connectivity index (χ0v) is 15.1. The van der Waals surface area contributed by atoms with E-state index < -0.39 is 0 Å². The van der Waals surface area contributed by atoms with Gasteiger partial charge >= 0.3 is 6.03 Å². The predicted molar refractivity (Wildman–Crippen MR) is 94.0 cm³/mol. The molecule has 2 N–H and O–H groups in total. The number of aryl methyl sites for hydroxylation is 1. The molecule has 2 rings (SSSR count). The van der Waals surface area contributed by atoms with Crippen molar-refractivity contribution in [1.82, 2.24) is 15.1 Å². The van der Waals surface area contributed by atoms with E-state index in [2.05, 4.69) is 15.5 Å². The van der Waals surface area contributed by atoms with Crippen molar-refractivity contribution in [2.45, 2.75) is 39.8 Å². The lowest BCUT2D eigenvalue weighted by molar-refractivity contribution is -0.126. The highest BCUT2D eigenvalue weighted by atomic mass is 32.1. The molecule has 0 radical (unpaired) electrons. The first kappa shape index (κ1) is 17.7. The summed E-state index contributed by atoms with van der Waals surface area (Å²) in [5.74, 6) is 0.0481. The van der Waals surface area contributed by atoms with E-state index in [1.54, 1.807) is 16.2 Å². The lowest BCUT2D eigenvalue weighted by Gasteiger charge is -2.37. The van der Waals surface area contributed by atoms with Crippen LogP contribution in [-0.2, 0) is 4.79 Å². The Bertz CT molecular complexity index is 550. The van der Waals surface area contributed by atoms with E-state index >= 15 is 0 Å². The highest BCUT2D eigenvalue weighted by Gasteiger charge is 2.27. The highest BCUT2D eigenvalue weighted by Crippen LogP contribution is 2.21. The number of hydrogen-bond acceptors (Lipinski definition) is 4. The van der Waals surface area contributed by atoms with Crippen molar-refractivity contribution in [3.63, 3.8) is 0 Å². The van der Waals surface area contributed by atoms with Gasteiger partial charge in [-0.2, -0.15) is 0 Å². The van der Waals surface area contributed by atoms with Crippen molar-refractivity contribution in [2.24, 2.45) is 0 Å². The van der Waals surface area contributed by atoms with Crippen LogP contribution < -0.4 is 10.6 Å². The lowest BCUT2D eigenvalue weighted by atomic mass is 10.2. The molecule has 1 atom stereocenters. The Labute approximate surface area is 141 Å². The quantitative estimate of drug-likeness (QED) is 0.884. The fourth-order valence-electron chi connectivity index (χ4n) is 2.57. The Hall–Kier alpha value is -1.60. The second-order valence-electron chi connectivity index (χ2n) is 6.20. The van der Waals surface area contributed by atoms with E-state index in [0.29, 0.717) is 26.2 Å². The van der Waals surface area contributed by atoms with Gasteiger partial charge in [-0.1, -0.05) is 0 Å². The number of rotatable bonds is 4. The summed E-state index contributed by atoms with van der Waals surface area (Å²) in [6.07, 6.45) is 0. The van der Waals surface area contributed by atoms with Crippen LogP contribution in [0.25, 0.3) is 0 Å². The molecule has 1 aliphatic heterocycles. The number of anilines is 1. The normalized spacial score (nSPS) is 17.2. The van der Waals surface area contributed by atoms with Crippen molar-refractivity contribution in [3.8, 4) is 0 Å². The lowest BCUT2D eigenvalue weighted by Crippen LogP contribution is -2.56. The van der Waals surface area contributed by atoms with Crippen LogP contribution in [0.1, 0.15) is 25.6 Å². The van der Waals surface area contributed by atoms with Gasteiger partial charge < -0.3 is 10.2 Å². The van der Waals surface area contributed by atoms with Gasteiger partial charge in [-0.25, -0.2) is 4.79 Å². The average Bonchev–Trinajstić information content (AvgIpc) is 2.91. The molecule has 3 amide bonds. The molecule has 0 aliphatic carbocycles. The smallest absolute Gasteiger partial charge is 0.322 e. The Balaban J connectivity index is 1.81. The highest BCUT2D eigenvalue weighted by molar-refractivity contribution is 7.16. The molecule has 1 fully saturated rings. The van der Waals surface area contributed by atoms with Gasteiger partial charge in [0.1, 0.15) is 0 Å². The van der Waals surface area contributed by atoms with E-state index in [0.717, 1.165) is 5.00 Å². The Morgan fingerprint density at radius 1 is 1.13 bits per heavy atom. The zero-order valence-electron chi connectivity index (χ0n) is 14.3. The van der Waals surface area contributed by atoms with Crippen molar-refractivity contribution < 1.29 is 9.59 Å². The van der Waals surface area contributed by atoms with E-state index in [1.165, 1.54) is 4.88 Å². The van der Waals surface area contributed by atoms with E-state index in [1.807, 2.05) is 39.8 Å². The maximum atomic E-state index is 12.3. The molecule has 6 nitrogen and oxygen atoms in total. The summed E-state index contributed by atoms with van der Waals surface area (Å²) in [4.78, 5) is 29.4. The summed E-state index contributed by atoms with van der Waals surface area (Å²) < 4.78 is 0. The van der Waals surface area contributed by atoms with Crippen molar-refractivity contribution >= 4 is 28.3 Å². The number of nitrogens with one attached hydrogen (secondary N) is 2. The molecule has 1 aliphatic rings. The molecule has 1 aromatic rings. The molecule has 0 spiro atoms. The maximum Gasteiger partial charge on any atom is 0.322 e. The number of amides is 3. The molecule has 7 heteroatoms. The Morgan fingerprint density at radius 3 is 2.30 bits per heavy atom. The van der Waals surface area contributed by atoms with Gasteiger partial charge in [0.15, 0.2) is 0 Å². The first-order chi connectivity index (χ1) is 10.9. The molecule has 2 heterocycles. The predicted octanol–water partition coefficient (Wildman–Crippen LogP) is 2.12. The molecule has 0 saturated carbocycles. The minimum Gasteiger partial charge on any atom is -0.353 e. The van der Waals surface area contributed by atoms with Crippen LogP contribution in [0.15, 0.2) is 12.1 Å². The third-order valence-electron chi connectivity index (χ3n) is 3.93. The second kappa shape index (κ2) is 7.79. The van der Waals surface area contributed by atoms with Gasteiger partial charge in [-0.05, 0) is 39.8 Å². The molecule has 23 heavy (non-hydrogen) atoms. The monoisotopic (exact) mass is 338 g/mol. The first-order valence-corrected chi connectivity index (χ1v) is 8.85. The maximum absolute atomic E-state index is 12.3. The molecular formula is C16H26N4O2S. The molecule has 0 unspecified atom stereocenters. The minimum absolute atomic E-state index is 0.0481. The van der Waals surface area contributed by atoms with Crippen molar-refractivity contribution in [1.29, 1.82) is 0 Å². The number of urea groups is 1. The fraction of sp³-hybridized carbons (Fsp3) is 0.625.